The largest absolute Gasteiger partial charge is 0.492 e. The zero-order chi connectivity index (χ0) is 26.3. The summed E-state index contributed by atoms with van der Waals surface area (Å²) in [5, 5.41) is 3.91. The standard InChI is InChI=1S/C27H26F4N4O2/c1-14(17-4-3-5-18(23(17)29)26(30)31)32-27-21-12-20(16-6-9-35(10-7-16)22(36)13-28)25-19(8-11-37-25)24(21)33-15(2)34-27/h3-6,12,14,26H,7-11,13H2,1-2H3,(H,32,33,34)/t14-/m1/s1. The fourth-order valence-electron chi connectivity index (χ4n) is 5.01. The summed E-state index contributed by atoms with van der Waals surface area (Å²) in [6.45, 7) is 3.61. The Morgan fingerprint density at radius 2 is 2.00 bits per heavy atom. The van der Waals surface area contributed by atoms with E-state index in [2.05, 4.69) is 15.3 Å². The predicted octanol–water partition coefficient (Wildman–Crippen LogP) is 5.71. The molecular formula is C27H26F4N4O2. The Balaban J connectivity index is 1.57. The van der Waals surface area contributed by atoms with Gasteiger partial charge in [0.25, 0.3) is 12.3 Å². The molecule has 3 heterocycles. The number of hydrogen-bond acceptors (Lipinski definition) is 5. The summed E-state index contributed by atoms with van der Waals surface area (Å²) >= 11 is 0. The second kappa shape index (κ2) is 9.99. The van der Waals surface area contributed by atoms with Crippen molar-refractivity contribution >= 4 is 28.2 Å². The van der Waals surface area contributed by atoms with Crippen molar-refractivity contribution in [3.05, 3.63) is 64.2 Å². The molecular weight excluding hydrogens is 488 g/mol. The van der Waals surface area contributed by atoms with Gasteiger partial charge >= 0.3 is 0 Å². The molecule has 10 heteroatoms. The lowest BCUT2D eigenvalue weighted by molar-refractivity contribution is -0.131. The van der Waals surface area contributed by atoms with Crippen LogP contribution in [0.4, 0.5) is 23.4 Å². The van der Waals surface area contributed by atoms with Crippen LogP contribution in [0.2, 0.25) is 0 Å². The molecule has 3 aromatic rings. The highest BCUT2D eigenvalue weighted by molar-refractivity contribution is 5.97. The zero-order valence-corrected chi connectivity index (χ0v) is 20.5. The Hall–Kier alpha value is -3.69. The molecule has 2 aromatic carbocycles. The fraction of sp³-hybridized carbons (Fsp3) is 0.370. The quantitative estimate of drug-likeness (QED) is 0.427. The Kier molecular flexibility index (Phi) is 6.74. The Bertz CT molecular complexity index is 1410. The lowest BCUT2D eigenvalue weighted by Crippen LogP contribution is -2.35. The maximum Gasteiger partial charge on any atom is 0.266 e. The van der Waals surface area contributed by atoms with Gasteiger partial charge in [-0.3, -0.25) is 4.79 Å². The lowest BCUT2D eigenvalue weighted by Gasteiger charge is -2.26. The van der Waals surface area contributed by atoms with Gasteiger partial charge in [-0.25, -0.2) is 27.5 Å². The number of carbonyl (C=O) groups is 1. The van der Waals surface area contributed by atoms with E-state index in [9.17, 15) is 22.4 Å². The van der Waals surface area contributed by atoms with Crippen molar-refractivity contribution in [1.82, 2.24) is 14.9 Å². The van der Waals surface area contributed by atoms with Crippen molar-refractivity contribution in [2.24, 2.45) is 0 Å². The van der Waals surface area contributed by atoms with Crippen LogP contribution in [0.15, 0.2) is 30.3 Å². The number of halogens is 4. The molecule has 1 amide bonds. The van der Waals surface area contributed by atoms with E-state index in [4.69, 9.17) is 4.74 Å². The van der Waals surface area contributed by atoms with Gasteiger partial charge in [0.1, 0.15) is 23.2 Å². The molecule has 0 radical (unpaired) electrons. The maximum absolute atomic E-state index is 14.8. The van der Waals surface area contributed by atoms with Crippen molar-refractivity contribution in [2.45, 2.75) is 39.2 Å². The summed E-state index contributed by atoms with van der Waals surface area (Å²) in [7, 11) is 0. The van der Waals surface area contributed by atoms with E-state index >= 15 is 0 Å². The van der Waals surface area contributed by atoms with Gasteiger partial charge in [-0.05, 0) is 31.9 Å². The van der Waals surface area contributed by atoms with Crippen LogP contribution in [0.3, 0.4) is 0 Å². The zero-order valence-electron chi connectivity index (χ0n) is 20.5. The number of rotatable bonds is 6. The van der Waals surface area contributed by atoms with Gasteiger partial charge < -0.3 is 15.0 Å². The van der Waals surface area contributed by atoms with E-state index in [-0.39, 0.29) is 5.56 Å². The molecule has 0 saturated heterocycles. The monoisotopic (exact) mass is 514 g/mol. The van der Waals surface area contributed by atoms with Crippen LogP contribution in [0.5, 0.6) is 5.75 Å². The highest BCUT2D eigenvalue weighted by Crippen LogP contribution is 2.42. The molecule has 0 spiro atoms. The summed E-state index contributed by atoms with van der Waals surface area (Å²) in [5.41, 5.74) is 2.93. The minimum atomic E-state index is -2.92. The van der Waals surface area contributed by atoms with Gasteiger partial charge in [-0.15, -0.1) is 0 Å². The molecule has 194 valence electrons. The SMILES string of the molecule is Cc1nc(N[C@H](C)c2cccc(C(F)F)c2F)c2cc(C3=CCN(C(=O)CF)CC3)c3c(c2n1)CCO3. The van der Waals surface area contributed by atoms with E-state index in [0.717, 1.165) is 28.5 Å². The fourth-order valence-corrected chi connectivity index (χ4v) is 5.01. The van der Waals surface area contributed by atoms with Crippen LogP contribution in [0, 0.1) is 12.7 Å². The first-order valence-electron chi connectivity index (χ1n) is 12.1. The van der Waals surface area contributed by atoms with Crippen LogP contribution < -0.4 is 10.1 Å². The van der Waals surface area contributed by atoms with Crippen LogP contribution >= 0.6 is 0 Å². The Morgan fingerprint density at radius 1 is 1.22 bits per heavy atom. The number of aromatic nitrogens is 2. The van der Waals surface area contributed by atoms with Crippen molar-refractivity contribution in [2.75, 3.05) is 31.7 Å². The third-order valence-corrected chi connectivity index (χ3v) is 6.88. The highest BCUT2D eigenvalue weighted by atomic mass is 19.3. The molecule has 0 aliphatic carbocycles. The van der Waals surface area contributed by atoms with Crippen LogP contribution in [-0.2, 0) is 11.2 Å². The number of carbonyl (C=O) groups excluding carboxylic acids is 1. The first kappa shape index (κ1) is 25.0. The molecule has 1 N–H and O–H groups in total. The minimum Gasteiger partial charge on any atom is -0.492 e. The van der Waals surface area contributed by atoms with Crippen molar-refractivity contribution in [1.29, 1.82) is 0 Å². The number of benzene rings is 2. The number of hydrogen-bond donors (Lipinski definition) is 1. The number of aryl methyl sites for hydroxylation is 1. The lowest BCUT2D eigenvalue weighted by atomic mass is 9.93. The first-order chi connectivity index (χ1) is 17.8. The van der Waals surface area contributed by atoms with Crippen molar-refractivity contribution in [3.8, 4) is 5.75 Å². The molecule has 2 aliphatic heterocycles. The van der Waals surface area contributed by atoms with E-state index in [1.807, 2.05) is 12.1 Å². The topological polar surface area (TPSA) is 67.4 Å². The van der Waals surface area contributed by atoms with Crippen molar-refractivity contribution in [3.63, 3.8) is 0 Å². The minimum absolute atomic E-state index is 0.111. The molecule has 2 aliphatic rings. The Labute approximate surface area is 211 Å². The molecule has 5 rings (SSSR count). The number of nitrogens with one attached hydrogen (secondary N) is 1. The van der Waals surface area contributed by atoms with Gasteiger partial charge in [0.05, 0.1) is 23.7 Å². The van der Waals surface area contributed by atoms with E-state index < -0.39 is 36.4 Å². The van der Waals surface area contributed by atoms with E-state index in [1.165, 1.54) is 17.0 Å². The summed E-state index contributed by atoms with van der Waals surface area (Å²) in [4.78, 5) is 22.4. The van der Waals surface area contributed by atoms with Gasteiger partial charge in [-0.2, -0.15) is 0 Å². The number of alkyl halides is 3. The molecule has 0 saturated carbocycles. The van der Waals surface area contributed by atoms with Crippen LogP contribution in [0.1, 0.15) is 53.9 Å². The van der Waals surface area contributed by atoms with Crippen LogP contribution in [-0.4, -0.2) is 47.1 Å². The van der Waals surface area contributed by atoms with Gasteiger partial charge in [0.2, 0.25) is 0 Å². The number of nitrogens with zero attached hydrogens (tertiary/aromatic N) is 3. The number of amides is 1. The predicted molar refractivity (Wildman–Crippen MR) is 132 cm³/mol. The average Bonchev–Trinajstić information content (AvgIpc) is 3.38. The Morgan fingerprint density at radius 3 is 2.70 bits per heavy atom. The van der Waals surface area contributed by atoms with Gasteiger partial charge in [-0.1, -0.05) is 24.3 Å². The first-order valence-corrected chi connectivity index (χ1v) is 12.1. The normalized spacial score (nSPS) is 16.0. The summed E-state index contributed by atoms with van der Waals surface area (Å²) in [5.74, 6) is 0.212. The molecule has 0 bridgehead atoms. The summed E-state index contributed by atoms with van der Waals surface area (Å²) in [6.07, 6.45) is 0.163. The van der Waals surface area contributed by atoms with E-state index in [1.54, 1.807) is 13.8 Å². The number of ether oxygens (including phenoxy) is 1. The van der Waals surface area contributed by atoms with Gasteiger partial charge in [0.15, 0.2) is 6.67 Å². The number of anilines is 1. The third-order valence-electron chi connectivity index (χ3n) is 6.88. The smallest absolute Gasteiger partial charge is 0.266 e. The molecule has 6 nitrogen and oxygen atoms in total. The summed E-state index contributed by atoms with van der Waals surface area (Å²) < 4.78 is 60.2. The average molecular weight is 515 g/mol. The van der Waals surface area contributed by atoms with Crippen LogP contribution in [0.25, 0.3) is 16.5 Å². The molecule has 0 fully saturated rings. The number of fused-ring (bicyclic) bond motifs is 3. The van der Waals surface area contributed by atoms with Gasteiger partial charge in [0, 0.05) is 41.6 Å². The molecule has 1 atom stereocenters. The summed E-state index contributed by atoms with van der Waals surface area (Å²) in [6, 6.07) is 5.23. The maximum atomic E-state index is 14.8. The second-order valence-corrected chi connectivity index (χ2v) is 9.22. The molecule has 0 unspecified atom stereocenters. The molecule has 37 heavy (non-hydrogen) atoms. The third kappa shape index (κ3) is 4.60. The second-order valence-electron chi connectivity index (χ2n) is 9.22. The van der Waals surface area contributed by atoms with E-state index in [0.29, 0.717) is 55.1 Å². The molecule has 1 aromatic heterocycles. The highest BCUT2D eigenvalue weighted by Gasteiger charge is 2.27. The van der Waals surface area contributed by atoms with Crippen molar-refractivity contribution < 1.29 is 27.1 Å².